The molecule has 0 radical (unpaired) electrons. The van der Waals surface area contributed by atoms with E-state index >= 15 is 0 Å². The number of benzene rings is 2. The maximum Gasteiger partial charge on any atom is 0.416 e. The van der Waals surface area contributed by atoms with Gasteiger partial charge in [0.05, 0.1) is 11.6 Å². The molecule has 3 aromatic rings. The van der Waals surface area contributed by atoms with Crippen LogP contribution in [0.2, 0.25) is 0 Å². The van der Waals surface area contributed by atoms with E-state index in [0.717, 1.165) is 28.5 Å². The number of rotatable bonds is 8. The van der Waals surface area contributed by atoms with Gasteiger partial charge in [-0.3, -0.25) is 9.59 Å². The van der Waals surface area contributed by atoms with Crippen LogP contribution >= 0.6 is 0 Å². The van der Waals surface area contributed by atoms with Gasteiger partial charge in [-0.05, 0) is 54.5 Å². The summed E-state index contributed by atoms with van der Waals surface area (Å²) in [5.74, 6) is -0.398. The first-order valence-corrected chi connectivity index (χ1v) is 11.1. The Morgan fingerprint density at radius 2 is 1.86 bits per heavy atom. The van der Waals surface area contributed by atoms with Gasteiger partial charge in [-0.2, -0.15) is 13.2 Å². The molecule has 0 spiro atoms. The molecule has 1 heterocycles. The average molecular weight is 488 g/mol. The topological polar surface area (TPSA) is 114 Å². The smallest absolute Gasteiger partial charge is 0.383 e. The molecule has 186 valence electrons. The van der Waals surface area contributed by atoms with Gasteiger partial charge in [0.15, 0.2) is 0 Å². The Hall–Kier alpha value is -3.66. The van der Waals surface area contributed by atoms with Crippen LogP contribution in [0.15, 0.2) is 54.7 Å². The van der Waals surface area contributed by atoms with Gasteiger partial charge in [-0.25, -0.2) is 4.98 Å². The Bertz CT molecular complexity index is 1220. The van der Waals surface area contributed by atoms with Crippen LogP contribution in [0, 0.1) is 0 Å². The van der Waals surface area contributed by atoms with Crippen LogP contribution in [-0.2, 0) is 28.7 Å². The van der Waals surface area contributed by atoms with E-state index in [2.05, 4.69) is 10.3 Å². The molecule has 3 rings (SSSR count). The van der Waals surface area contributed by atoms with Crippen molar-refractivity contribution in [3.05, 3.63) is 71.4 Å². The number of carbonyl (C=O) groups is 2. The SMILES string of the molecule is C[C@@H](C(=O)NCc1ccc2c(N)nccc2c1)N(C)C(=O)[C@H](N)CCc1cccc(C(F)(F)F)c1. The van der Waals surface area contributed by atoms with Gasteiger partial charge in [0.25, 0.3) is 0 Å². The summed E-state index contributed by atoms with van der Waals surface area (Å²) >= 11 is 0. The van der Waals surface area contributed by atoms with Crippen LogP contribution in [0.5, 0.6) is 0 Å². The lowest BCUT2D eigenvalue weighted by atomic mass is 10.0. The highest BCUT2D eigenvalue weighted by atomic mass is 19.4. The van der Waals surface area contributed by atoms with Gasteiger partial charge in [0.2, 0.25) is 11.8 Å². The van der Waals surface area contributed by atoms with E-state index < -0.39 is 29.7 Å². The number of fused-ring (bicyclic) bond motifs is 1. The Labute approximate surface area is 201 Å². The summed E-state index contributed by atoms with van der Waals surface area (Å²) in [7, 11) is 1.47. The van der Waals surface area contributed by atoms with Crippen LogP contribution in [0.4, 0.5) is 19.0 Å². The van der Waals surface area contributed by atoms with Crippen molar-refractivity contribution in [3.63, 3.8) is 0 Å². The van der Waals surface area contributed by atoms with Gasteiger partial charge in [0.1, 0.15) is 11.9 Å². The van der Waals surface area contributed by atoms with Crippen molar-refractivity contribution in [2.75, 3.05) is 12.8 Å². The summed E-state index contributed by atoms with van der Waals surface area (Å²) in [6.07, 6.45) is -2.48. The molecule has 0 aliphatic rings. The van der Waals surface area contributed by atoms with Crippen molar-refractivity contribution in [1.29, 1.82) is 0 Å². The predicted molar refractivity (Wildman–Crippen MR) is 128 cm³/mol. The minimum absolute atomic E-state index is 0.147. The molecule has 5 N–H and O–H groups in total. The normalized spacial score (nSPS) is 13.3. The number of anilines is 1. The zero-order chi connectivity index (χ0) is 25.8. The molecule has 2 aromatic carbocycles. The Balaban J connectivity index is 1.53. The number of nitrogens with one attached hydrogen (secondary N) is 1. The molecule has 0 unspecified atom stereocenters. The lowest BCUT2D eigenvalue weighted by Gasteiger charge is -2.27. The minimum atomic E-state index is -4.44. The van der Waals surface area contributed by atoms with Gasteiger partial charge < -0.3 is 21.7 Å². The van der Waals surface area contributed by atoms with E-state index in [0.29, 0.717) is 11.4 Å². The summed E-state index contributed by atoms with van der Waals surface area (Å²) in [5, 5.41) is 4.52. The largest absolute Gasteiger partial charge is 0.416 e. The van der Waals surface area contributed by atoms with E-state index in [4.69, 9.17) is 11.5 Å². The third kappa shape index (κ3) is 6.48. The number of carbonyl (C=O) groups excluding carboxylic acids is 2. The van der Waals surface area contributed by atoms with Crippen LogP contribution in [0.3, 0.4) is 0 Å². The maximum atomic E-state index is 12.9. The highest BCUT2D eigenvalue weighted by molar-refractivity contribution is 5.91. The Morgan fingerprint density at radius 3 is 2.57 bits per heavy atom. The molecule has 1 aromatic heterocycles. The van der Waals surface area contributed by atoms with Crippen molar-refractivity contribution in [2.45, 2.75) is 44.6 Å². The summed E-state index contributed by atoms with van der Waals surface area (Å²) in [6.45, 7) is 1.84. The van der Waals surface area contributed by atoms with E-state index in [9.17, 15) is 22.8 Å². The zero-order valence-corrected chi connectivity index (χ0v) is 19.5. The second-order valence-electron chi connectivity index (χ2n) is 8.44. The number of hydrogen-bond acceptors (Lipinski definition) is 5. The molecule has 35 heavy (non-hydrogen) atoms. The fourth-order valence-corrected chi connectivity index (χ4v) is 3.67. The first-order chi connectivity index (χ1) is 16.5. The molecule has 0 aliphatic heterocycles. The Kier molecular flexibility index (Phi) is 7.96. The molecule has 10 heteroatoms. The number of alkyl halides is 3. The summed E-state index contributed by atoms with van der Waals surface area (Å²) < 4.78 is 38.7. The number of nitrogens with two attached hydrogens (primary N) is 2. The molecule has 0 fully saturated rings. The standard InChI is InChI=1S/C25H28F3N5O2/c1-15(23(34)32-14-17-6-8-20-18(12-17)10-11-31-22(20)30)33(2)24(35)21(29)9-7-16-4-3-5-19(13-16)25(26,27)28/h3-6,8,10-13,15,21H,7,9,14,29H2,1-2H3,(H2,30,31)(H,32,34)/t15-,21+/m0/s1. The van der Waals surface area contributed by atoms with Crippen LogP contribution < -0.4 is 16.8 Å². The number of nitrogens with zero attached hydrogens (tertiary/aromatic N) is 2. The predicted octanol–water partition coefficient (Wildman–Crippen LogP) is 3.26. The monoisotopic (exact) mass is 487 g/mol. The van der Waals surface area contributed by atoms with Crippen molar-refractivity contribution in [3.8, 4) is 0 Å². The molecular formula is C25H28F3N5O2. The quantitative estimate of drug-likeness (QED) is 0.451. The molecule has 2 atom stereocenters. The average Bonchev–Trinajstić information content (AvgIpc) is 2.84. The number of halogens is 3. The number of hydrogen-bond donors (Lipinski definition) is 3. The first-order valence-electron chi connectivity index (χ1n) is 11.1. The molecule has 0 saturated carbocycles. The number of nitrogen functional groups attached to an aromatic ring is 1. The molecule has 0 aliphatic carbocycles. The van der Waals surface area contributed by atoms with Gasteiger partial charge in [0, 0.05) is 25.2 Å². The number of pyridine rings is 1. The van der Waals surface area contributed by atoms with Crippen molar-refractivity contribution >= 4 is 28.4 Å². The molecule has 0 bridgehead atoms. The lowest BCUT2D eigenvalue weighted by Crippen LogP contribution is -2.51. The highest BCUT2D eigenvalue weighted by Gasteiger charge is 2.30. The number of likely N-dealkylation sites (N-methyl/N-ethyl adjacent to an activating group) is 1. The maximum absolute atomic E-state index is 12.9. The van der Waals surface area contributed by atoms with Crippen LogP contribution in [0.1, 0.15) is 30.0 Å². The van der Waals surface area contributed by atoms with E-state index in [1.807, 2.05) is 24.3 Å². The third-order valence-electron chi connectivity index (χ3n) is 5.95. The third-order valence-corrected chi connectivity index (χ3v) is 5.95. The summed E-state index contributed by atoms with van der Waals surface area (Å²) in [4.78, 5) is 30.6. The minimum Gasteiger partial charge on any atom is -0.383 e. The number of aryl methyl sites for hydroxylation is 1. The van der Waals surface area contributed by atoms with Crippen molar-refractivity contribution < 1.29 is 22.8 Å². The summed E-state index contributed by atoms with van der Waals surface area (Å²) in [5.41, 5.74) is 12.4. The molecule has 0 saturated heterocycles. The summed E-state index contributed by atoms with van der Waals surface area (Å²) in [6, 6.07) is 10.6. The second-order valence-corrected chi connectivity index (χ2v) is 8.44. The van der Waals surface area contributed by atoms with Gasteiger partial charge in [-0.1, -0.05) is 30.3 Å². The molecule has 2 amide bonds. The second kappa shape index (κ2) is 10.7. The Morgan fingerprint density at radius 1 is 1.11 bits per heavy atom. The van der Waals surface area contributed by atoms with E-state index in [-0.39, 0.29) is 25.3 Å². The first kappa shape index (κ1) is 26.0. The molecular weight excluding hydrogens is 459 g/mol. The van der Waals surface area contributed by atoms with E-state index in [1.165, 1.54) is 18.0 Å². The van der Waals surface area contributed by atoms with Gasteiger partial charge in [-0.15, -0.1) is 0 Å². The van der Waals surface area contributed by atoms with Crippen molar-refractivity contribution in [1.82, 2.24) is 15.2 Å². The number of amides is 2. The lowest BCUT2D eigenvalue weighted by molar-refractivity contribution is -0.139. The van der Waals surface area contributed by atoms with Gasteiger partial charge >= 0.3 is 6.18 Å². The highest BCUT2D eigenvalue weighted by Crippen LogP contribution is 2.29. The van der Waals surface area contributed by atoms with Crippen LogP contribution in [0.25, 0.3) is 10.8 Å². The molecule has 7 nitrogen and oxygen atoms in total. The zero-order valence-electron chi connectivity index (χ0n) is 19.5. The van der Waals surface area contributed by atoms with E-state index in [1.54, 1.807) is 19.2 Å². The fourth-order valence-electron chi connectivity index (χ4n) is 3.67. The number of aromatic nitrogens is 1. The fraction of sp³-hybridized carbons (Fsp3) is 0.320. The van der Waals surface area contributed by atoms with Crippen molar-refractivity contribution in [2.24, 2.45) is 5.73 Å². The van der Waals surface area contributed by atoms with Crippen LogP contribution in [-0.4, -0.2) is 40.8 Å².